The first-order chi connectivity index (χ1) is 8.33. The molecule has 0 aromatic carbocycles. The van der Waals surface area contributed by atoms with Gasteiger partial charge in [-0.25, -0.2) is 0 Å². The molecule has 0 aliphatic carbocycles. The fourth-order valence-corrected chi connectivity index (χ4v) is 1.39. The van der Waals surface area contributed by atoms with E-state index in [0.29, 0.717) is 19.6 Å². The van der Waals surface area contributed by atoms with Crippen molar-refractivity contribution in [3.8, 4) is 0 Å². The molecule has 1 atom stereocenters. The van der Waals surface area contributed by atoms with Crippen LogP contribution in [0.4, 0.5) is 0 Å². The molecule has 0 fully saturated rings. The van der Waals surface area contributed by atoms with Gasteiger partial charge in [0.1, 0.15) is 5.37 Å². The first-order valence-corrected chi connectivity index (χ1v) is 7.10. The van der Waals surface area contributed by atoms with Gasteiger partial charge in [-0.3, -0.25) is 9.45 Å². The summed E-state index contributed by atoms with van der Waals surface area (Å²) in [5.41, 5.74) is 4.91. The van der Waals surface area contributed by atoms with E-state index in [1.165, 1.54) is 0 Å². The lowest BCUT2D eigenvalue weighted by molar-refractivity contribution is 0.136. The predicted molar refractivity (Wildman–Crippen MR) is 67.5 cm³/mol. The van der Waals surface area contributed by atoms with Crippen molar-refractivity contribution in [3.63, 3.8) is 0 Å². The van der Waals surface area contributed by atoms with Crippen molar-refractivity contribution in [2.45, 2.75) is 18.7 Å². The molecule has 0 spiro atoms. The standard InChI is InChI=1S/C6H15NO3.C3H9NO3S/c8-4-1-7(2-5-9)3-6-10;1-2-3(4)8(5,6)7/h8-10H,1-6H2;3H,2,4H2,1H3,(H,5,6,7). The molecule has 0 heterocycles. The molecular weight excluding hydrogens is 264 g/mol. The van der Waals surface area contributed by atoms with E-state index in [0.717, 1.165) is 0 Å². The Kier molecular flexibility index (Phi) is 13.1. The molecule has 6 N–H and O–H groups in total. The molecule has 0 radical (unpaired) electrons. The van der Waals surface area contributed by atoms with E-state index >= 15 is 0 Å². The van der Waals surface area contributed by atoms with Crippen LogP contribution in [0.25, 0.3) is 0 Å². The maximum absolute atomic E-state index is 9.99. The quantitative estimate of drug-likeness (QED) is 0.317. The molecule has 0 saturated carbocycles. The van der Waals surface area contributed by atoms with E-state index in [9.17, 15) is 8.42 Å². The highest BCUT2D eigenvalue weighted by Gasteiger charge is 2.13. The van der Waals surface area contributed by atoms with Gasteiger partial charge in [0.2, 0.25) is 0 Å². The van der Waals surface area contributed by atoms with E-state index < -0.39 is 15.5 Å². The van der Waals surface area contributed by atoms with Gasteiger partial charge in [-0.1, -0.05) is 6.92 Å². The molecule has 112 valence electrons. The molecule has 0 bridgehead atoms. The van der Waals surface area contributed by atoms with Gasteiger partial charge in [-0.15, -0.1) is 0 Å². The summed E-state index contributed by atoms with van der Waals surface area (Å²) in [5.74, 6) is 0. The largest absolute Gasteiger partial charge is 0.395 e. The van der Waals surface area contributed by atoms with Crippen LogP contribution in [0, 0.1) is 0 Å². The lowest BCUT2D eigenvalue weighted by atomic mass is 10.4. The minimum Gasteiger partial charge on any atom is -0.395 e. The number of aliphatic hydroxyl groups excluding tert-OH is 3. The highest BCUT2D eigenvalue weighted by atomic mass is 32.2. The number of hydrogen-bond acceptors (Lipinski definition) is 7. The normalized spacial score (nSPS) is 13.1. The lowest BCUT2D eigenvalue weighted by Crippen LogP contribution is -2.32. The second-order valence-electron chi connectivity index (χ2n) is 3.47. The molecule has 0 aliphatic rings. The molecule has 8 nitrogen and oxygen atoms in total. The summed E-state index contributed by atoms with van der Waals surface area (Å²) in [6.45, 7) is 3.34. The molecule has 1 unspecified atom stereocenters. The average molecular weight is 288 g/mol. The lowest BCUT2D eigenvalue weighted by Gasteiger charge is -2.17. The molecule has 9 heteroatoms. The molecule has 0 aromatic rings. The van der Waals surface area contributed by atoms with Crippen molar-refractivity contribution in [2.75, 3.05) is 39.5 Å². The molecule has 0 saturated heterocycles. The van der Waals surface area contributed by atoms with Crippen LogP contribution >= 0.6 is 0 Å². The van der Waals surface area contributed by atoms with Gasteiger partial charge in [0, 0.05) is 19.6 Å². The Hall–Kier alpha value is -0.290. The highest BCUT2D eigenvalue weighted by molar-refractivity contribution is 7.86. The Morgan fingerprint density at radius 3 is 1.50 bits per heavy atom. The van der Waals surface area contributed by atoms with E-state index in [1.54, 1.807) is 11.8 Å². The molecular formula is C9H24N2O6S. The van der Waals surface area contributed by atoms with Gasteiger partial charge in [0.25, 0.3) is 10.1 Å². The zero-order valence-corrected chi connectivity index (χ0v) is 11.4. The average Bonchev–Trinajstić information content (AvgIpc) is 2.28. The van der Waals surface area contributed by atoms with Crippen molar-refractivity contribution in [1.82, 2.24) is 4.90 Å². The van der Waals surface area contributed by atoms with Gasteiger partial charge >= 0.3 is 0 Å². The topological polar surface area (TPSA) is 144 Å². The SMILES string of the molecule is CCC(N)S(=O)(=O)O.OCCN(CCO)CCO. The minimum atomic E-state index is -3.98. The second kappa shape index (κ2) is 11.8. The van der Waals surface area contributed by atoms with Crippen LogP contribution in [0.15, 0.2) is 0 Å². The summed E-state index contributed by atoms with van der Waals surface area (Å²) in [7, 11) is -3.98. The third-order valence-electron chi connectivity index (χ3n) is 2.03. The molecule has 0 aromatic heterocycles. The van der Waals surface area contributed by atoms with Crippen molar-refractivity contribution in [3.05, 3.63) is 0 Å². The first-order valence-electron chi connectivity index (χ1n) is 5.60. The fraction of sp³-hybridized carbons (Fsp3) is 1.00. The van der Waals surface area contributed by atoms with Gasteiger partial charge in [-0.2, -0.15) is 8.42 Å². The fourth-order valence-electron chi connectivity index (χ4n) is 0.970. The zero-order chi connectivity index (χ0) is 14.6. The number of rotatable bonds is 8. The Morgan fingerprint density at radius 2 is 1.39 bits per heavy atom. The van der Waals surface area contributed by atoms with Gasteiger partial charge in [0.05, 0.1) is 19.8 Å². The van der Waals surface area contributed by atoms with E-state index in [2.05, 4.69) is 0 Å². The van der Waals surface area contributed by atoms with Crippen molar-refractivity contribution in [1.29, 1.82) is 0 Å². The predicted octanol–water partition coefficient (Wildman–Crippen LogP) is -2.17. The van der Waals surface area contributed by atoms with E-state index in [1.807, 2.05) is 0 Å². The van der Waals surface area contributed by atoms with Crippen LogP contribution in [0.1, 0.15) is 13.3 Å². The zero-order valence-electron chi connectivity index (χ0n) is 10.6. The van der Waals surface area contributed by atoms with E-state index in [4.69, 9.17) is 25.6 Å². The van der Waals surface area contributed by atoms with Crippen LogP contribution < -0.4 is 5.73 Å². The van der Waals surface area contributed by atoms with Crippen molar-refractivity contribution in [2.24, 2.45) is 5.73 Å². The van der Waals surface area contributed by atoms with Gasteiger partial charge in [0.15, 0.2) is 0 Å². The first kappa shape index (κ1) is 20.0. The smallest absolute Gasteiger partial charge is 0.280 e. The summed E-state index contributed by atoms with van der Waals surface area (Å²) in [6.07, 6.45) is 0.235. The Bertz CT molecular complexity index is 258. The monoisotopic (exact) mass is 288 g/mol. The van der Waals surface area contributed by atoms with Gasteiger partial charge in [-0.05, 0) is 6.42 Å². The van der Waals surface area contributed by atoms with Crippen molar-refractivity contribution >= 4 is 10.1 Å². The molecule has 0 aliphatic heterocycles. The summed E-state index contributed by atoms with van der Waals surface area (Å²) in [6, 6.07) is 0. The second-order valence-corrected chi connectivity index (χ2v) is 5.11. The Balaban J connectivity index is 0. The summed E-state index contributed by atoms with van der Waals surface area (Å²) in [4.78, 5) is 1.79. The van der Waals surface area contributed by atoms with Crippen molar-refractivity contribution < 1.29 is 28.3 Å². The molecule has 0 amide bonds. The summed E-state index contributed by atoms with van der Waals surface area (Å²) < 4.78 is 28.1. The van der Waals surface area contributed by atoms with Crippen LogP contribution in [0.5, 0.6) is 0 Å². The third kappa shape index (κ3) is 12.2. The van der Waals surface area contributed by atoms with Crippen LogP contribution in [-0.2, 0) is 10.1 Å². The highest BCUT2D eigenvalue weighted by Crippen LogP contribution is 1.93. The number of hydrogen-bond donors (Lipinski definition) is 5. The summed E-state index contributed by atoms with van der Waals surface area (Å²) >= 11 is 0. The number of aliphatic hydroxyl groups is 3. The molecule has 0 rings (SSSR count). The maximum atomic E-state index is 9.99. The molecule has 18 heavy (non-hydrogen) atoms. The third-order valence-corrected chi connectivity index (χ3v) is 3.13. The van der Waals surface area contributed by atoms with Gasteiger partial charge < -0.3 is 21.1 Å². The Labute approximate surface area is 108 Å². The minimum absolute atomic E-state index is 0.0694. The van der Waals surface area contributed by atoms with E-state index in [-0.39, 0.29) is 26.2 Å². The maximum Gasteiger partial charge on any atom is 0.280 e. The van der Waals surface area contributed by atoms with Crippen LogP contribution in [0.3, 0.4) is 0 Å². The Morgan fingerprint density at radius 1 is 1.06 bits per heavy atom. The number of nitrogens with zero attached hydrogens (tertiary/aromatic N) is 1. The summed E-state index contributed by atoms with van der Waals surface area (Å²) in [5, 5.41) is 24.3. The van der Waals surface area contributed by atoms with Crippen LogP contribution in [-0.4, -0.2) is 78.0 Å². The number of nitrogens with two attached hydrogens (primary N) is 1. The van der Waals surface area contributed by atoms with Crippen LogP contribution in [0.2, 0.25) is 0 Å².